The molecule has 382 valence electrons. The summed E-state index contributed by atoms with van der Waals surface area (Å²) in [6, 6.07) is 87.1. The molecule has 0 amide bonds. The summed E-state index contributed by atoms with van der Waals surface area (Å²) in [7, 11) is 0. The molecule has 0 saturated heterocycles. The molecule has 0 atom stereocenters. The number of para-hydroxylation sites is 3. The topological polar surface area (TPSA) is 62.4 Å². The lowest BCUT2D eigenvalue weighted by Gasteiger charge is -2.27. The van der Waals surface area contributed by atoms with Crippen molar-refractivity contribution in [2.45, 2.75) is 0 Å². The highest BCUT2D eigenvalue weighted by Crippen LogP contribution is 2.55. The Morgan fingerprint density at radius 1 is 0.253 bits per heavy atom. The average Bonchev–Trinajstić information content (AvgIpc) is 1.80. The zero-order valence-electron chi connectivity index (χ0n) is 43.7. The fourth-order valence-corrected chi connectivity index (χ4v) is 19.1. The molecule has 0 saturated carbocycles. The van der Waals surface area contributed by atoms with Gasteiger partial charge in [-0.2, -0.15) is 10.5 Å². The molecule has 0 fully saturated rings. The minimum atomic E-state index is 0.300. The first kappa shape index (κ1) is 45.6. The molecule has 83 heavy (non-hydrogen) atoms. The van der Waals surface area contributed by atoms with E-state index < -0.39 is 0 Å². The van der Waals surface area contributed by atoms with Crippen LogP contribution in [0, 0.1) is 22.7 Å². The molecule has 0 aliphatic heterocycles. The first-order valence-corrected chi connectivity index (χ1v) is 30.9. The maximum atomic E-state index is 12.7. The highest BCUT2D eigenvalue weighted by molar-refractivity contribution is 7.28. The molecule has 19 rings (SSSR count). The Labute approximate surface area is 488 Å². The summed E-state index contributed by atoms with van der Waals surface area (Å²) < 4.78 is 16.5. The number of thiophene rings is 4. The molecule has 0 aliphatic rings. The summed E-state index contributed by atoms with van der Waals surface area (Å²) in [5.74, 6) is 0. The van der Waals surface area contributed by atoms with Crippen LogP contribution in [0.3, 0.4) is 0 Å². The van der Waals surface area contributed by atoms with Gasteiger partial charge < -0.3 is 13.7 Å². The average molecular weight is 1120 g/mol. The predicted molar refractivity (Wildman–Crippen MR) is 356 cm³/mol. The Bertz CT molecular complexity index is 6230. The minimum Gasteiger partial charge on any atom is -0.306 e. The normalized spacial score (nSPS) is 12.3. The third kappa shape index (κ3) is 5.91. The van der Waals surface area contributed by atoms with Crippen LogP contribution in [-0.2, 0) is 0 Å². The number of hydrogen-bond donors (Lipinski definition) is 0. The fourth-order valence-electron chi connectivity index (χ4n) is 14.2. The van der Waals surface area contributed by atoms with E-state index in [-0.39, 0.29) is 0 Å². The van der Waals surface area contributed by atoms with Gasteiger partial charge in [0.05, 0.1) is 75.4 Å². The van der Waals surface area contributed by atoms with E-state index in [0.717, 1.165) is 117 Å². The van der Waals surface area contributed by atoms with Gasteiger partial charge in [-0.05, 0) is 42.5 Å². The molecule has 5 nitrogen and oxygen atoms in total. The predicted octanol–water partition coefficient (Wildman–Crippen LogP) is 21.9. The summed E-state index contributed by atoms with van der Waals surface area (Å²) in [5, 5.41) is 41.3. The van der Waals surface area contributed by atoms with Crippen molar-refractivity contribution in [3.05, 3.63) is 236 Å². The van der Waals surface area contributed by atoms with Gasteiger partial charge in [-0.3, -0.25) is 0 Å². The number of rotatable bonds is 4. The molecule has 7 aromatic heterocycles. The van der Waals surface area contributed by atoms with Crippen LogP contribution in [0.1, 0.15) is 11.1 Å². The van der Waals surface area contributed by atoms with Crippen molar-refractivity contribution in [2.24, 2.45) is 0 Å². The highest BCUT2D eigenvalue weighted by Gasteiger charge is 2.36. The van der Waals surface area contributed by atoms with Crippen LogP contribution in [0.4, 0.5) is 0 Å². The maximum Gasteiger partial charge on any atom is 0.103 e. The molecular formula is C74H37N5S4. The number of hydrogen-bond acceptors (Lipinski definition) is 6. The molecule has 0 N–H and O–H groups in total. The second-order valence-electron chi connectivity index (χ2n) is 21.5. The smallest absolute Gasteiger partial charge is 0.103 e. The van der Waals surface area contributed by atoms with Gasteiger partial charge in [0, 0.05) is 110 Å². The quantitative estimate of drug-likeness (QED) is 0.176. The number of aromatic nitrogens is 3. The summed E-state index contributed by atoms with van der Waals surface area (Å²) in [6.45, 7) is 0. The molecule has 0 radical (unpaired) electrons. The van der Waals surface area contributed by atoms with Crippen LogP contribution < -0.4 is 0 Å². The molecule has 0 aliphatic carbocycles. The Balaban J connectivity index is 1.15. The third-order valence-corrected chi connectivity index (χ3v) is 22.3. The second-order valence-corrected chi connectivity index (χ2v) is 25.8. The number of fused-ring (bicyclic) bond motifs is 24. The maximum absolute atomic E-state index is 12.7. The number of benzene rings is 12. The summed E-state index contributed by atoms with van der Waals surface area (Å²) in [4.78, 5) is 0. The lowest BCUT2D eigenvalue weighted by atomic mass is 9.90. The van der Waals surface area contributed by atoms with E-state index in [9.17, 15) is 10.5 Å². The molecule has 0 spiro atoms. The van der Waals surface area contributed by atoms with Crippen LogP contribution in [0.15, 0.2) is 224 Å². The molecule has 7 heterocycles. The highest BCUT2D eigenvalue weighted by atomic mass is 32.1. The van der Waals surface area contributed by atoms with E-state index in [0.29, 0.717) is 22.5 Å². The SMILES string of the molecule is N#Cc1c(C#N)c(-n2c3ccccc3c3ccc4c5ccccc5sc4c32)c(-n2c3ccccc3c3ccc4c5ccccc5sc4c32)c(-c2cccc3c2sc2ccccc23)c1-n1c2ccccc2c2ccc3c4ccccc4sc3c21. The molecule has 0 unspecified atom stereocenters. The lowest BCUT2D eigenvalue weighted by molar-refractivity contribution is 1.07. The van der Waals surface area contributed by atoms with E-state index >= 15 is 0 Å². The Morgan fingerprint density at radius 3 is 0.964 bits per heavy atom. The third-order valence-electron chi connectivity index (χ3n) is 17.5. The van der Waals surface area contributed by atoms with E-state index in [1.165, 1.54) is 45.7 Å². The molecule has 9 heteroatoms. The second kappa shape index (κ2) is 16.7. The van der Waals surface area contributed by atoms with Gasteiger partial charge in [0.2, 0.25) is 0 Å². The van der Waals surface area contributed by atoms with E-state index in [4.69, 9.17) is 0 Å². The lowest BCUT2D eigenvalue weighted by Crippen LogP contribution is -2.14. The van der Waals surface area contributed by atoms with Crippen molar-refractivity contribution in [1.82, 2.24) is 13.7 Å². The van der Waals surface area contributed by atoms with Crippen molar-refractivity contribution in [2.75, 3.05) is 0 Å². The summed E-state index contributed by atoms with van der Waals surface area (Å²) in [6.07, 6.45) is 0. The molecule has 12 aromatic carbocycles. The van der Waals surface area contributed by atoms with Crippen molar-refractivity contribution in [1.29, 1.82) is 10.5 Å². The molecule has 0 bridgehead atoms. The zero-order chi connectivity index (χ0) is 54.3. The van der Waals surface area contributed by atoms with Gasteiger partial charge in [0.1, 0.15) is 12.1 Å². The Morgan fingerprint density at radius 2 is 0.554 bits per heavy atom. The van der Waals surface area contributed by atoms with Crippen molar-refractivity contribution in [3.8, 4) is 40.3 Å². The van der Waals surface area contributed by atoms with Gasteiger partial charge in [-0.1, -0.05) is 182 Å². The fraction of sp³-hybridized carbons (Fsp3) is 0. The zero-order valence-corrected chi connectivity index (χ0v) is 47.0. The van der Waals surface area contributed by atoms with Crippen molar-refractivity contribution < 1.29 is 0 Å². The monoisotopic (exact) mass is 1120 g/mol. The van der Waals surface area contributed by atoms with Crippen LogP contribution in [0.25, 0.3) is 174 Å². The van der Waals surface area contributed by atoms with Gasteiger partial charge in [0.15, 0.2) is 0 Å². The van der Waals surface area contributed by atoms with Gasteiger partial charge in [-0.15, -0.1) is 45.3 Å². The van der Waals surface area contributed by atoms with Gasteiger partial charge >= 0.3 is 0 Å². The van der Waals surface area contributed by atoms with Crippen LogP contribution in [0.5, 0.6) is 0 Å². The Hall–Kier alpha value is -10.1. The summed E-state index contributed by atoms with van der Waals surface area (Å²) >= 11 is 7.18. The number of nitrogens with zero attached hydrogens (tertiary/aromatic N) is 5. The van der Waals surface area contributed by atoms with E-state index in [1.54, 1.807) is 34.0 Å². The van der Waals surface area contributed by atoms with Crippen LogP contribution in [0.2, 0.25) is 0 Å². The molecular weight excluding hydrogens is 1090 g/mol. The first-order chi connectivity index (χ1) is 41.1. The largest absolute Gasteiger partial charge is 0.306 e. The molecule has 19 aromatic rings. The van der Waals surface area contributed by atoms with Gasteiger partial charge in [-0.25, -0.2) is 0 Å². The van der Waals surface area contributed by atoms with Crippen molar-refractivity contribution >= 4 is 191 Å². The minimum absolute atomic E-state index is 0.300. The standard InChI is InChI=1S/C74H37N5S4/c75-38-55-56(39-76)66(78-58-26-9-2-17-41(58)48-33-36-52-45-21-6-13-30-62(45)82-73(52)68(48)78)70(79-59-27-10-3-18-42(59)49-34-37-53-46-22-7-14-31-63(46)83-74(53)69(49)79)64(54-24-15-23-50-43-19-4-11-28-60(43)80-71(50)54)65(55)77-57-25-8-1-16-40(57)47-32-35-51-44-20-5-12-29-61(44)81-72(51)67(47)77/h1-37H. The van der Waals surface area contributed by atoms with E-state index in [2.05, 4.69) is 250 Å². The Kier molecular flexibility index (Phi) is 9.20. The van der Waals surface area contributed by atoms with Crippen LogP contribution in [-0.4, -0.2) is 13.7 Å². The first-order valence-electron chi connectivity index (χ1n) is 27.6. The van der Waals surface area contributed by atoms with Gasteiger partial charge in [0.25, 0.3) is 0 Å². The number of nitriles is 2. The van der Waals surface area contributed by atoms with E-state index in [1.807, 2.05) is 11.3 Å². The van der Waals surface area contributed by atoms with Crippen molar-refractivity contribution in [3.63, 3.8) is 0 Å². The summed E-state index contributed by atoms with van der Waals surface area (Å²) in [5.41, 5.74) is 10.6. The van der Waals surface area contributed by atoms with Crippen LogP contribution >= 0.6 is 45.3 Å².